The van der Waals surface area contributed by atoms with Crippen LogP contribution < -0.4 is 0 Å². The van der Waals surface area contributed by atoms with Crippen molar-refractivity contribution >= 4 is 11.8 Å². The fraction of sp³-hybridized carbons (Fsp3) is 0.579. The predicted molar refractivity (Wildman–Crippen MR) is 85.2 cm³/mol. The van der Waals surface area contributed by atoms with Crippen molar-refractivity contribution < 1.29 is 14.7 Å². The third-order valence-electron chi connectivity index (χ3n) is 6.25. The van der Waals surface area contributed by atoms with Gasteiger partial charge >= 0.3 is 5.97 Å². The molecule has 1 saturated carbocycles. The molecule has 1 aromatic carbocycles. The molecule has 0 saturated heterocycles. The molecule has 1 fully saturated rings. The topological polar surface area (TPSA) is 54.4 Å². The Bertz CT molecular complexity index is 648. The summed E-state index contributed by atoms with van der Waals surface area (Å²) in [6.07, 6.45) is 4.52. The van der Waals surface area contributed by atoms with E-state index in [2.05, 4.69) is 13.0 Å². The molecule has 0 radical (unpaired) electrons. The summed E-state index contributed by atoms with van der Waals surface area (Å²) in [5.74, 6) is -0.400. The molecule has 3 heteroatoms. The van der Waals surface area contributed by atoms with Crippen molar-refractivity contribution in [2.75, 3.05) is 0 Å². The van der Waals surface area contributed by atoms with E-state index in [1.807, 2.05) is 19.1 Å². The molecule has 0 aliphatic heterocycles. The molecule has 2 aliphatic carbocycles. The molecule has 0 heterocycles. The van der Waals surface area contributed by atoms with Crippen LogP contribution in [0.1, 0.15) is 67.9 Å². The average Bonchev–Trinajstić information content (AvgIpc) is 2.46. The number of carbonyl (C=O) groups is 2. The monoisotopic (exact) mass is 300 g/mol. The summed E-state index contributed by atoms with van der Waals surface area (Å²) < 4.78 is 0. The SMILES string of the molecule is CC(=O)c1ccc2c(c1)CC[C@H]1[C@](C)(C(=O)O)CCC[C@]21C. The molecule has 1 N–H and O–H groups in total. The number of fused-ring (bicyclic) bond motifs is 3. The molecule has 2 aliphatic rings. The molecular formula is C19H24O3. The fourth-order valence-electron chi connectivity index (χ4n) is 4.97. The first kappa shape index (κ1) is 15.3. The molecule has 0 bridgehead atoms. The number of hydrogen-bond acceptors (Lipinski definition) is 2. The highest BCUT2D eigenvalue weighted by Gasteiger charge is 2.55. The Balaban J connectivity index is 2.09. The molecule has 22 heavy (non-hydrogen) atoms. The molecular weight excluding hydrogens is 276 g/mol. The maximum absolute atomic E-state index is 11.9. The van der Waals surface area contributed by atoms with Crippen LogP contribution in [0.5, 0.6) is 0 Å². The number of carboxylic acid groups (broad SMARTS) is 1. The Kier molecular flexibility index (Phi) is 3.42. The largest absolute Gasteiger partial charge is 0.481 e. The Morgan fingerprint density at radius 1 is 1.23 bits per heavy atom. The van der Waals surface area contributed by atoms with Gasteiger partial charge in [0.15, 0.2) is 5.78 Å². The van der Waals surface area contributed by atoms with Crippen LogP contribution in [-0.4, -0.2) is 16.9 Å². The number of rotatable bonds is 2. The van der Waals surface area contributed by atoms with Gasteiger partial charge in [0.25, 0.3) is 0 Å². The third kappa shape index (κ3) is 2.02. The molecule has 0 unspecified atom stereocenters. The van der Waals surface area contributed by atoms with Crippen molar-refractivity contribution in [3.05, 3.63) is 34.9 Å². The van der Waals surface area contributed by atoms with E-state index < -0.39 is 11.4 Å². The van der Waals surface area contributed by atoms with Crippen LogP contribution in [0.25, 0.3) is 0 Å². The minimum absolute atomic E-state index is 0.0890. The second kappa shape index (κ2) is 4.94. The number of carbonyl (C=O) groups excluding carboxylic acids is 1. The van der Waals surface area contributed by atoms with Crippen molar-refractivity contribution in [1.29, 1.82) is 0 Å². The van der Waals surface area contributed by atoms with E-state index in [0.29, 0.717) is 0 Å². The average molecular weight is 300 g/mol. The van der Waals surface area contributed by atoms with Crippen molar-refractivity contribution in [2.24, 2.45) is 11.3 Å². The first-order chi connectivity index (χ1) is 10.3. The van der Waals surface area contributed by atoms with Crippen LogP contribution in [0, 0.1) is 11.3 Å². The van der Waals surface area contributed by atoms with Crippen LogP contribution in [-0.2, 0) is 16.6 Å². The standard InChI is InChI=1S/C19H24O3/c1-12(20)13-5-7-15-14(11-13)6-8-16-18(15,2)9-4-10-19(16,3)17(21)22/h5,7,11,16H,4,6,8-10H2,1-3H3,(H,21,22)/t16-,18-,19-/m1/s1. The van der Waals surface area contributed by atoms with E-state index in [0.717, 1.165) is 37.7 Å². The van der Waals surface area contributed by atoms with Gasteiger partial charge in [-0.15, -0.1) is 0 Å². The van der Waals surface area contributed by atoms with E-state index in [1.165, 1.54) is 11.1 Å². The highest BCUT2D eigenvalue weighted by atomic mass is 16.4. The van der Waals surface area contributed by atoms with Gasteiger partial charge in [0.05, 0.1) is 5.41 Å². The zero-order valence-electron chi connectivity index (χ0n) is 13.6. The molecule has 118 valence electrons. The lowest BCUT2D eigenvalue weighted by Crippen LogP contribution is -2.52. The highest BCUT2D eigenvalue weighted by molar-refractivity contribution is 5.94. The van der Waals surface area contributed by atoms with Crippen LogP contribution in [0.4, 0.5) is 0 Å². The predicted octanol–water partition coefficient (Wildman–Crippen LogP) is 3.98. The Hall–Kier alpha value is -1.64. The smallest absolute Gasteiger partial charge is 0.309 e. The van der Waals surface area contributed by atoms with E-state index >= 15 is 0 Å². The van der Waals surface area contributed by atoms with Gasteiger partial charge in [-0.2, -0.15) is 0 Å². The number of ketones is 1. The summed E-state index contributed by atoms with van der Waals surface area (Å²) in [6.45, 7) is 5.74. The molecule has 0 amide bonds. The van der Waals surface area contributed by atoms with Crippen molar-refractivity contribution in [2.45, 2.75) is 58.3 Å². The minimum Gasteiger partial charge on any atom is -0.481 e. The molecule has 3 nitrogen and oxygen atoms in total. The normalized spacial score (nSPS) is 33.7. The number of Topliss-reactive ketones (excluding diaryl/α,β-unsaturated/α-hetero) is 1. The third-order valence-corrected chi connectivity index (χ3v) is 6.25. The van der Waals surface area contributed by atoms with Gasteiger partial charge in [0, 0.05) is 5.56 Å². The number of aliphatic carboxylic acids is 1. The zero-order valence-corrected chi connectivity index (χ0v) is 13.6. The lowest BCUT2D eigenvalue weighted by atomic mass is 9.50. The second-order valence-electron chi connectivity index (χ2n) is 7.51. The molecule has 3 atom stereocenters. The minimum atomic E-state index is -0.660. The van der Waals surface area contributed by atoms with E-state index in [1.54, 1.807) is 6.92 Å². The Morgan fingerprint density at radius 3 is 2.59 bits per heavy atom. The fourth-order valence-corrected chi connectivity index (χ4v) is 4.97. The first-order valence-electron chi connectivity index (χ1n) is 8.17. The number of carboxylic acids is 1. The van der Waals surface area contributed by atoms with E-state index in [4.69, 9.17) is 0 Å². The maximum atomic E-state index is 11.9. The van der Waals surface area contributed by atoms with Crippen LogP contribution in [0.3, 0.4) is 0 Å². The second-order valence-corrected chi connectivity index (χ2v) is 7.51. The molecule has 1 aromatic rings. The van der Waals surface area contributed by atoms with Gasteiger partial charge in [0.1, 0.15) is 0 Å². The van der Waals surface area contributed by atoms with Gasteiger partial charge in [-0.05, 0) is 68.1 Å². The van der Waals surface area contributed by atoms with Gasteiger partial charge in [0.2, 0.25) is 0 Å². The van der Waals surface area contributed by atoms with E-state index in [-0.39, 0.29) is 17.1 Å². The Morgan fingerprint density at radius 2 is 1.95 bits per heavy atom. The lowest BCUT2D eigenvalue weighted by molar-refractivity contribution is -0.157. The van der Waals surface area contributed by atoms with Gasteiger partial charge in [-0.1, -0.05) is 25.5 Å². The highest BCUT2D eigenvalue weighted by Crippen LogP contribution is 2.57. The molecule has 3 rings (SSSR count). The van der Waals surface area contributed by atoms with E-state index in [9.17, 15) is 14.7 Å². The van der Waals surface area contributed by atoms with Gasteiger partial charge < -0.3 is 5.11 Å². The number of aryl methyl sites for hydroxylation is 1. The van der Waals surface area contributed by atoms with Gasteiger partial charge in [-0.25, -0.2) is 0 Å². The summed E-state index contributed by atoms with van der Waals surface area (Å²) >= 11 is 0. The molecule has 0 spiro atoms. The number of hydrogen-bond donors (Lipinski definition) is 1. The summed E-state index contributed by atoms with van der Waals surface area (Å²) in [5.41, 5.74) is 2.54. The van der Waals surface area contributed by atoms with Crippen molar-refractivity contribution in [1.82, 2.24) is 0 Å². The Labute approximate surface area is 131 Å². The quantitative estimate of drug-likeness (QED) is 0.840. The summed E-state index contributed by atoms with van der Waals surface area (Å²) in [7, 11) is 0. The summed E-state index contributed by atoms with van der Waals surface area (Å²) in [6, 6.07) is 6.00. The van der Waals surface area contributed by atoms with Crippen molar-refractivity contribution in [3.8, 4) is 0 Å². The van der Waals surface area contributed by atoms with Gasteiger partial charge in [-0.3, -0.25) is 9.59 Å². The lowest BCUT2D eigenvalue weighted by Gasteiger charge is -2.53. The molecule has 0 aromatic heterocycles. The van der Waals surface area contributed by atoms with Crippen LogP contribution in [0.15, 0.2) is 18.2 Å². The van der Waals surface area contributed by atoms with Crippen LogP contribution in [0.2, 0.25) is 0 Å². The number of benzene rings is 1. The zero-order chi connectivity index (χ0) is 16.1. The maximum Gasteiger partial charge on any atom is 0.309 e. The van der Waals surface area contributed by atoms with Crippen molar-refractivity contribution in [3.63, 3.8) is 0 Å². The summed E-state index contributed by atoms with van der Waals surface area (Å²) in [5, 5.41) is 9.77. The first-order valence-corrected chi connectivity index (χ1v) is 8.17. The summed E-state index contributed by atoms with van der Waals surface area (Å²) in [4.78, 5) is 23.5. The van der Waals surface area contributed by atoms with Crippen LogP contribution >= 0.6 is 0 Å².